The van der Waals surface area contributed by atoms with Crippen molar-refractivity contribution in [3.8, 4) is 11.5 Å². The molecule has 32 heavy (non-hydrogen) atoms. The number of ether oxygens (including phenoxy) is 3. The molecule has 1 aliphatic carbocycles. The van der Waals surface area contributed by atoms with E-state index >= 15 is 0 Å². The molecule has 0 saturated heterocycles. The molecule has 0 saturated carbocycles. The predicted octanol–water partition coefficient (Wildman–Crippen LogP) is 4.65. The summed E-state index contributed by atoms with van der Waals surface area (Å²) in [6, 6.07) is 15.5. The van der Waals surface area contributed by atoms with E-state index in [0.717, 1.165) is 22.6 Å². The molecule has 6 nitrogen and oxygen atoms in total. The Kier molecular flexibility index (Phi) is 6.30. The lowest BCUT2D eigenvalue weighted by Crippen LogP contribution is -2.19. The second-order valence-electron chi connectivity index (χ2n) is 7.99. The summed E-state index contributed by atoms with van der Waals surface area (Å²) in [6.45, 7) is 2.08. The number of H-pyrrole nitrogens is 1. The minimum Gasteiger partial charge on any atom is -0.497 e. The zero-order chi connectivity index (χ0) is 22.7. The van der Waals surface area contributed by atoms with Gasteiger partial charge in [-0.25, -0.2) is 4.79 Å². The number of benzene rings is 2. The smallest absolute Gasteiger partial charge is 0.355 e. The number of hydrogen-bond donors (Lipinski definition) is 1. The maximum absolute atomic E-state index is 13.0. The van der Waals surface area contributed by atoms with Gasteiger partial charge in [0.05, 0.1) is 20.8 Å². The molecule has 0 amide bonds. The van der Waals surface area contributed by atoms with Crippen LogP contribution in [-0.4, -0.2) is 37.6 Å². The van der Waals surface area contributed by atoms with Crippen LogP contribution in [-0.2, 0) is 17.6 Å². The van der Waals surface area contributed by atoms with E-state index in [1.54, 1.807) is 21.1 Å². The number of Topliss-reactive ketones (excluding diaryl/α,β-unsaturated/α-hetero) is 1. The highest BCUT2D eigenvalue weighted by atomic mass is 16.5. The van der Waals surface area contributed by atoms with Crippen LogP contribution in [0.2, 0.25) is 0 Å². The number of aromatic nitrogens is 1. The molecule has 3 aromatic rings. The van der Waals surface area contributed by atoms with Crippen molar-refractivity contribution in [2.45, 2.75) is 32.1 Å². The fourth-order valence-electron chi connectivity index (χ4n) is 4.39. The van der Waals surface area contributed by atoms with Gasteiger partial charge in [0.1, 0.15) is 17.2 Å². The fourth-order valence-corrected chi connectivity index (χ4v) is 4.39. The topological polar surface area (TPSA) is 77.6 Å². The van der Waals surface area contributed by atoms with Crippen molar-refractivity contribution < 1.29 is 23.8 Å². The highest BCUT2D eigenvalue weighted by molar-refractivity contribution is 6.03. The molecule has 166 valence electrons. The van der Waals surface area contributed by atoms with Gasteiger partial charge in [-0.1, -0.05) is 30.3 Å². The van der Waals surface area contributed by atoms with Gasteiger partial charge in [0, 0.05) is 35.6 Å². The van der Waals surface area contributed by atoms with Gasteiger partial charge in [-0.3, -0.25) is 4.79 Å². The lowest BCUT2D eigenvalue weighted by atomic mass is 9.81. The molecule has 0 aliphatic heterocycles. The summed E-state index contributed by atoms with van der Waals surface area (Å²) in [7, 11) is 3.23. The Labute approximate surface area is 187 Å². The van der Waals surface area contributed by atoms with Gasteiger partial charge in [0.15, 0.2) is 5.78 Å². The van der Waals surface area contributed by atoms with Crippen LogP contribution < -0.4 is 9.47 Å². The Morgan fingerprint density at radius 3 is 2.56 bits per heavy atom. The fraction of sp³-hybridized carbons (Fsp3) is 0.308. The van der Waals surface area contributed by atoms with E-state index in [9.17, 15) is 9.59 Å². The Balaban J connectivity index is 1.53. The monoisotopic (exact) mass is 433 g/mol. The summed E-state index contributed by atoms with van der Waals surface area (Å²) in [5.74, 6) is 0.940. The first-order chi connectivity index (χ1) is 15.5. The van der Waals surface area contributed by atoms with E-state index in [4.69, 9.17) is 14.2 Å². The molecule has 0 bridgehead atoms. The van der Waals surface area contributed by atoms with E-state index in [0.29, 0.717) is 41.8 Å². The maximum atomic E-state index is 13.0. The van der Waals surface area contributed by atoms with E-state index in [1.807, 2.05) is 48.5 Å². The van der Waals surface area contributed by atoms with Crippen molar-refractivity contribution in [3.63, 3.8) is 0 Å². The second-order valence-corrected chi connectivity index (χ2v) is 7.99. The lowest BCUT2D eigenvalue weighted by molar-refractivity contribution is 0.0502. The third-order valence-corrected chi connectivity index (χ3v) is 6.04. The normalized spacial score (nSPS) is 15.2. The van der Waals surface area contributed by atoms with Crippen molar-refractivity contribution in [1.82, 2.24) is 4.98 Å². The number of methoxy groups -OCH3 is 2. The third-order valence-electron chi connectivity index (χ3n) is 6.04. The standard InChI is InChI=1S/C26H27NO5/c1-16-24-21(27-25(16)26(29)32-12-11-17-7-5-4-6-8-17)13-18(14-22(24)28)20-15-19(30-2)9-10-23(20)31-3/h4-10,15,18,27H,11-14H2,1-3H3/t18-/m1/s1. The average Bonchev–Trinajstić information content (AvgIpc) is 3.16. The van der Waals surface area contributed by atoms with Gasteiger partial charge in [-0.2, -0.15) is 0 Å². The van der Waals surface area contributed by atoms with E-state index < -0.39 is 5.97 Å². The van der Waals surface area contributed by atoms with Crippen LogP contribution in [0.1, 0.15) is 55.6 Å². The van der Waals surface area contributed by atoms with E-state index in [-0.39, 0.29) is 18.3 Å². The van der Waals surface area contributed by atoms with Crippen LogP contribution in [0.15, 0.2) is 48.5 Å². The average molecular weight is 434 g/mol. The second kappa shape index (κ2) is 9.30. The Hall–Kier alpha value is -3.54. The number of carbonyl (C=O) groups excluding carboxylic acids is 2. The predicted molar refractivity (Wildman–Crippen MR) is 121 cm³/mol. The summed E-state index contributed by atoms with van der Waals surface area (Å²) in [5.41, 5.74) is 4.42. The highest BCUT2D eigenvalue weighted by Gasteiger charge is 2.33. The number of ketones is 1. The summed E-state index contributed by atoms with van der Waals surface area (Å²) >= 11 is 0. The molecular weight excluding hydrogens is 406 g/mol. The zero-order valence-electron chi connectivity index (χ0n) is 18.6. The molecule has 0 unspecified atom stereocenters. The van der Waals surface area contributed by atoms with Crippen LogP contribution >= 0.6 is 0 Å². The number of esters is 1. The molecule has 0 radical (unpaired) electrons. The van der Waals surface area contributed by atoms with Crippen LogP contribution in [0, 0.1) is 6.92 Å². The minimum absolute atomic E-state index is 0.0122. The van der Waals surface area contributed by atoms with Crippen molar-refractivity contribution in [2.75, 3.05) is 20.8 Å². The van der Waals surface area contributed by atoms with Gasteiger partial charge in [0.25, 0.3) is 0 Å². The number of carbonyl (C=O) groups is 2. The zero-order valence-corrected chi connectivity index (χ0v) is 18.6. The van der Waals surface area contributed by atoms with Gasteiger partial charge in [-0.15, -0.1) is 0 Å². The Morgan fingerprint density at radius 1 is 1.06 bits per heavy atom. The maximum Gasteiger partial charge on any atom is 0.355 e. The first-order valence-electron chi connectivity index (χ1n) is 10.7. The molecule has 1 aliphatic rings. The summed E-state index contributed by atoms with van der Waals surface area (Å²) in [6.07, 6.45) is 1.59. The molecule has 0 spiro atoms. The van der Waals surface area contributed by atoms with Crippen molar-refractivity contribution in [1.29, 1.82) is 0 Å². The molecular formula is C26H27NO5. The Bertz CT molecular complexity index is 1130. The number of nitrogens with one attached hydrogen (secondary N) is 1. The van der Waals surface area contributed by atoms with Gasteiger partial charge >= 0.3 is 5.97 Å². The van der Waals surface area contributed by atoms with Crippen molar-refractivity contribution in [2.24, 2.45) is 0 Å². The first-order valence-corrected chi connectivity index (χ1v) is 10.7. The van der Waals surface area contributed by atoms with Gasteiger partial charge < -0.3 is 19.2 Å². The number of rotatable bonds is 7. The third kappa shape index (κ3) is 4.26. The van der Waals surface area contributed by atoms with E-state index in [1.165, 1.54) is 0 Å². The number of aromatic amines is 1. The van der Waals surface area contributed by atoms with E-state index in [2.05, 4.69) is 4.98 Å². The largest absolute Gasteiger partial charge is 0.497 e. The van der Waals surface area contributed by atoms with Crippen LogP contribution in [0.25, 0.3) is 0 Å². The van der Waals surface area contributed by atoms with Crippen LogP contribution in [0.4, 0.5) is 0 Å². The summed E-state index contributed by atoms with van der Waals surface area (Å²) in [4.78, 5) is 28.9. The van der Waals surface area contributed by atoms with Gasteiger partial charge in [0.2, 0.25) is 0 Å². The number of fused-ring (bicyclic) bond motifs is 1. The van der Waals surface area contributed by atoms with Crippen LogP contribution in [0.5, 0.6) is 11.5 Å². The molecule has 6 heteroatoms. The van der Waals surface area contributed by atoms with Crippen molar-refractivity contribution >= 4 is 11.8 Å². The van der Waals surface area contributed by atoms with Gasteiger partial charge in [-0.05, 0) is 42.7 Å². The highest BCUT2D eigenvalue weighted by Crippen LogP contribution is 2.40. The molecule has 1 N–H and O–H groups in total. The first kappa shape index (κ1) is 21.7. The Morgan fingerprint density at radius 2 is 1.84 bits per heavy atom. The van der Waals surface area contributed by atoms with Crippen molar-refractivity contribution in [3.05, 3.63) is 82.2 Å². The molecule has 1 aromatic heterocycles. The number of hydrogen-bond acceptors (Lipinski definition) is 5. The van der Waals surface area contributed by atoms with Crippen LogP contribution in [0.3, 0.4) is 0 Å². The minimum atomic E-state index is -0.434. The molecule has 4 rings (SSSR count). The molecule has 1 heterocycles. The lowest BCUT2D eigenvalue weighted by Gasteiger charge is -2.24. The SMILES string of the molecule is COc1ccc(OC)c([C@H]2CC(=O)c3c([nH]c(C(=O)OCCc4ccccc4)c3C)C2)c1. The molecule has 1 atom stereocenters. The summed E-state index contributed by atoms with van der Waals surface area (Å²) in [5, 5.41) is 0. The molecule has 2 aromatic carbocycles. The molecule has 0 fully saturated rings. The summed E-state index contributed by atoms with van der Waals surface area (Å²) < 4.78 is 16.4. The quantitative estimate of drug-likeness (QED) is 0.549.